The standard InChI is InChI=1S/C23H24N2O5S/c1-14-7-15(2)9-17(8-14)24-21(26)12-30-22(27)11-18-13-31-23(25-18)16-5-6-19(28-3)20(10-16)29-4/h5-10,13H,11-12H2,1-4H3,(H,24,26). The van der Waals surface area contributed by atoms with Crippen LogP contribution in [-0.4, -0.2) is 37.7 Å². The molecule has 3 rings (SSSR count). The Morgan fingerprint density at radius 1 is 1.00 bits per heavy atom. The van der Waals surface area contributed by atoms with Crippen molar-refractivity contribution >= 4 is 28.9 Å². The second-order valence-corrected chi connectivity index (χ2v) is 7.83. The van der Waals surface area contributed by atoms with Crippen LogP contribution < -0.4 is 14.8 Å². The molecule has 0 spiro atoms. The number of anilines is 1. The Bertz CT molecular complexity index is 1070. The predicted octanol–water partition coefficient (Wildman–Crippen LogP) is 4.17. The second kappa shape index (κ2) is 10.1. The van der Waals surface area contributed by atoms with Crippen LogP contribution in [0.5, 0.6) is 11.5 Å². The lowest BCUT2D eigenvalue weighted by Gasteiger charge is -2.08. The van der Waals surface area contributed by atoms with E-state index in [1.165, 1.54) is 11.3 Å². The molecule has 162 valence electrons. The third kappa shape index (κ3) is 6.05. The fourth-order valence-electron chi connectivity index (χ4n) is 3.08. The van der Waals surface area contributed by atoms with Crippen LogP contribution >= 0.6 is 11.3 Å². The summed E-state index contributed by atoms with van der Waals surface area (Å²) >= 11 is 1.41. The maximum atomic E-state index is 12.1. The average molecular weight is 441 g/mol. The number of amides is 1. The van der Waals surface area contributed by atoms with Crippen molar-refractivity contribution in [2.24, 2.45) is 0 Å². The van der Waals surface area contributed by atoms with Crippen molar-refractivity contribution in [3.05, 3.63) is 58.6 Å². The summed E-state index contributed by atoms with van der Waals surface area (Å²) < 4.78 is 15.7. The molecule has 0 saturated heterocycles. The number of hydrogen-bond acceptors (Lipinski definition) is 7. The van der Waals surface area contributed by atoms with Crippen LogP contribution in [0.15, 0.2) is 41.8 Å². The number of thiazole rings is 1. The quantitative estimate of drug-likeness (QED) is 0.529. The third-order valence-corrected chi connectivity index (χ3v) is 5.32. The normalized spacial score (nSPS) is 10.5. The number of aromatic nitrogens is 1. The fourth-order valence-corrected chi connectivity index (χ4v) is 3.90. The van der Waals surface area contributed by atoms with Gasteiger partial charge < -0.3 is 19.5 Å². The molecule has 1 heterocycles. The highest BCUT2D eigenvalue weighted by Crippen LogP contribution is 2.33. The fraction of sp³-hybridized carbons (Fsp3) is 0.261. The first kappa shape index (κ1) is 22.3. The number of rotatable bonds is 8. The molecule has 7 nitrogen and oxygen atoms in total. The van der Waals surface area contributed by atoms with Gasteiger partial charge in [-0.05, 0) is 55.3 Å². The first-order chi connectivity index (χ1) is 14.9. The Morgan fingerprint density at radius 3 is 2.39 bits per heavy atom. The summed E-state index contributed by atoms with van der Waals surface area (Å²) in [5, 5.41) is 5.28. The Morgan fingerprint density at radius 2 is 1.71 bits per heavy atom. The van der Waals surface area contributed by atoms with Crippen LogP contribution in [0.2, 0.25) is 0 Å². The highest BCUT2D eigenvalue weighted by atomic mass is 32.1. The molecule has 0 unspecified atom stereocenters. The van der Waals surface area contributed by atoms with Gasteiger partial charge in [0, 0.05) is 16.6 Å². The molecule has 0 aliphatic carbocycles. The summed E-state index contributed by atoms with van der Waals surface area (Å²) in [6.07, 6.45) is -0.0133. The van der Waals surface area contributed by atoms with E-state index in [9.17, 15) is 9.59 Å². The molecule has 0 atom stereocenters. The molecule has 1 N–H and O–H groups in total. The molecule has 0 aliphatic heterocycles. The average Bonchev–Trinajstić information content (AvgIpc) is 3.19. The molecular formula is C23H24N2O5S. The molecule has 0 radical (unpaired) electrons. The molecule has 2 aromatic carbocycles. The van der Waals surface area contributed by atoms with Crippen molar-refractivity contribution in [2.45, 2.75) is 20.3 Å². The van der Waals surface area contributed by atoms with E-state index in [1.54, 1.807) is 25.7 Å². The summed E-state index contributed by atoms with van der Waals surface area (Å²) in [5.74, 6) is 0.332. The van der Waals surface area contributed by atoms with E-state index < -0.39 is 5.97 Å². The van der Waals surface area contributed by atoms with Gasteiger partial charge in [-0.2, -0.15) is 0 Å². The maximum absolute atomic E-state index is 12.1. The van der Waals surface area contributed by atoms with E-state index in [0.29, 0.717) is 22.9 Å². The first-order valence-corrected chi connectivity index (χ1v) is 10.5. The molecule has 3 aromatic rings. The monoisotopic (exact) mass is 440 g/mol. The Hall–Kier alpha value is -3.39. The molecule has 0 fully saturated rings. The Kier molecular flexibility index (Phi) is 7.25. The number of nitrogens with zero attached hydrogens (tertiary/aromatic N) is 1. The Balaban J connectivity index is 1.54. The molecule has 0 saturated carbocycles. The van der Waals surface area contributed by atoms with E-state index >= 15 is 0 Å². The minimum absolute atomic E-state index is 0.0133. The van der Waals surface area contributed by atoms with Gasteiger partial charge in [-0.25, -0.2) is 4.98 Å². The van der Waals surface area contributed by atoms with Crippen LogP contribution in [0.1, 0.15) is 16.8 Å². The summed E-state index contributed by atoms with van der Waals surface area (Å²) in [7, 11) is 3.15. The van der Waals surface area contributed by atoms with Gasteiger partial charge >= 0.3 is 5.97 Å². The molecule has 8 heteroatoms. The zero-order valence-electron chi connectivity index (χ0n) is 17.9. The molecule has 1 aromatic heterocycles. The summed E-state index contributed by atoms with van der Waals surface area (Å²) in [6.45, 7) is 3.55. The van der Waals surface area contributed by atoms with Crippen molar-refractivity contribution in [1.29, 1.82) is 0 Å². The van der Waals surface area contributed by atoms with Gasteiger partial charge in [-0.15, -0.1) is 11.3 Å². The highest BCUT2D eigenvalue weighted by molar-refractivity contribution is 7.13. The Labute approximate surface area is 185 Å². The summed E-state index contributed by atoms with van der Waals surface area (Å²) in [6, 6.07) is 11.2. The van der Waals surface area contributed by atoms with Crippen molar-refractivity contribution < 1.29 is 23.8 Å². The largest absolute Gasteiger partial charge is 0.493 e. The number of methoxy groups -OCH3 is 2. The van der Waals surface area contributed by atoms with Crippen molar-refractivity contribution in [2.75, 3.05) is 26.1 Å². The molecule has 1 amide bonds. The van der Waals surface area contributed by atoms with E-state index in [0.717, 1.165) is 21.7 Å². The van der Waals surface area contributed by atoms with Gasteiger partial charge in [0.15, 0.2) is 18.1 Å². The topological polar surface area (TPSA) is 86.8 Å². The third-order valence-electron chi connectivity index (χ3n) is 4.38. The SMILES string of the molecule is COc1ccc(-c2nc(CC(=O)OCC(=O)Nc3cc(C)cc(C)c3)cs2)cc1OC. The first-order valence-electron chi connectivity index (χ1n) is 9.58. The van der Waals surface area contributed by atoms with Gasteiger partial charge in [-0.1, -0.05) is 6.07 Å². The molecular weight excluding hydrogens is 416 g/mol. The number of esters is 1. The van der Waals surface area contributed by atoms with Gasteiger partial charge in [0.25, 0.3) is 5.91 Å². The molecule has 0 aliphatic rings. The minimum atomic E-state index is -0.514. The molecule has 0 bridgehead atoms. The second-order valence-electron chi connectivity index (χ2n) is 6.98. The minimum Gasteiger partial charge on any atom is -0.493 e. The van der Waals surface area contributed by atoms with Crippen LogP contribution in [0.25, 0.3) is 10.6 Å². The smallest absolute Gasteiger partial charge is 0.312 e. The number of carbonyl (C=O) groups excluding carboxylic acids is 2. The van der Waals surface area contributed by atoms with Crippen LogP contribution in [0.4, 0.5) is 5.69 Å². The van der Waals surface area contributed by atoms with Gasteiger partial charge in [0.05, 0.1) is 26.3 Å². The van der Waals surface area contributed by atoms with Crippen molar-refractivity contribution in [3.63, 3.8) is 0 Å². The number of carbonyl (C=O) groups is 2. The maximum Gasteiger partial charge on any atom is 0.312 e. The summed E-state index contributed by atoms with van der Waals surface area (Å²) in [4.78, 5) is 28.7. The van der Waals surface area contributed by atoms with Crippen LogP contribution in [0, 0.1) is 13.8 Å². The predicted molar refractivity (Wildman–Crippen MR) is 120 cm³/mol. The van der Waals surface area contributed by atoms with Gasteiger partial charge in [0.2, 0.25) is 0 Å². The van der Waals surface area contributed by atoms with Crippen molar-refractivity contribution in [1.82, 2.24) is 4.98 Å². The number of benzene rings is 2. The van der Waals surface area contributed by atoms with Gasteiger partial charge in [-0.3, -0.25) is 9.59 Å². The zero-order valence-corrected chi connectivity index (χ0v) is 18.7. The van der Waals surface area contributed by atoms with E-state index in [2.05, 4.69) is 10.3 Å². The number of ether oxygens (including phenoxy) is 3. The van der Waals surface area contributed by atoms with Crippen LogP contribution in [0.3, 0.4) is 0 Å². The lowest BCUT2D eigenvalue weighted by molar-refractivity contribution is -0.146. The van der Waals surface area contributed by atoms with E-state index in [1.807, 2.05) is 44.2 Å². The highest BCUT2D eigenvalue weighted by Gasteiger charge is 2.14. The van der Waals surface area contributed by atoms with E-state index in [4.69, 9.17) is 14.2 Å². The lowest BCUT2D eigenvalue weighted by atomic mass is 10.1. The molecule has 31 heavy (non-hydrogen) atoms. The number of hydrogen-bond donors (Lipinski definition) is 1. The summed E-state index contributed by atoms with van der Waals surface area (Å²) in [5.41, 5.74) is 4.20. The van der Waals surface area contributed by atoms with E-state index in [-0.39, 0.29) is 18.9 Å². The van der Waals surface area contributed by atoms with Crippen molar-refractivity contribution in [3.8, 4) is 22.1 Å². The van der Waals surface area contributed by atoms with Gasteiger partial charge in [0.1, 0.15) is 5.01 Å². The number of nitrogens with one attached hydrogen (secondary N) is 1. The van der Waals surface area contributed by atoms with Crippen LogP contribution in [-0.2, 0) is 20.7 Å². The zero-order chi connectivity index (χ0) is 22.4. The lowest BCUT2D eigenvalue weighted by Crippen LogP contribution is -2.21. The number of aryl methyl sites for hydroxylation is 2.